The molecular formula is C16H17Cl2N3O2. The zero-order valence-electron chi connectivity index (χ0n) is 12.3. The summed E-state index contributed by atoms with van der Waals surface area (Å²) in [6.45, 7) is 0.670. The van der Waals surface area contributed by atoms with Gasteiger partial charge in [0.15, 0.2) is 0 Å². The van der Waals surface area contributed by atoms with Crippen LogP contribution in [0.1, 0.15) is 5.56 Å². The molecule has 0 aliphatic rings. The van der Waals surface area contributed by atoms with E-state index < -0.39 is 6.09 Å². The molecule has 7 heteroatoms. The summed E-state index contributed by atoms with van der Waals surface area (Å²) in [5.41, 5.74) is 9.74. The molecule has 0 bridgehead atoms. The molecule has 0 atom stereocenters. The van der Waals surface area contributed by atoms with Crippen LogP contribution in [0.5, 0.6) is 0 Å². The first-order valence-corrected chi connectivity index (χ1v) is 7.76. The van der Waals surface area contributed by atoms with Crippen LogP contribution in [0, 0.1) is 0 Å². The van der Waals surface area contributed by atoms with Crippen LogP contribution in [0.3, 0.4) is 0 Å². The van der Waals surface area contributed by atoms with Crippen molar-refractivity contribution in [2.24, 2.45) is 5.73 Å². The molecule has 0 saturated carbocycles. The highest BCUT2D eigenvalue weighted by Crippen LogP contribution is 2.30. The van der Waals surface area contributed by atoms with Crippen LogP contribution in [0.4, 0.5) is 10.5 Å². The predicted molar refractivity (Wildman–Crippen MR) is 92.5 cm³/mol. The number of hydrogen-bond donors (Lipinski definition) is 2. The summed E-state index contributed by atoms with van der Waals surface area (Å²) in [6.07, 6.45) is -0.560. The number of nitrogens with one attached hydrogen (secondary N) is 1. The predicted octanol–water partition coefficient (Wildman–Crippen LogP) is 3.92. The number of para-hydroxylation sites is 1. The van der Waals surface area contributed by atoms with Crippen LogP contribution in [-0.4, -0.2) is 24.2 Å². The highest BCUT2D eigenvalue weighted by molar-refractivity contribution is 6.39. The average molecular weight is 354 g/mol. The third-order valence-corrected chi connectivity index (χ3v) is 3.62. The van der Waals surface area contributed by atoms with Crippen molar-refractivity contribution < 1.29 is 9.53 Å². The van der Waals surface area contributed by atoms with Gasteiger partial charge < -0.3 is 10.5 Å². The number of carbonyl (C=O) groups is 1. The van der Waals surface area contributed by atoms with E-state index in [1.54, 1.807) is 18.2 Å². The van der Waals surface area contributed by atoms with Gasteiger partial charge in [0.25, 0.3) is 0 Å². The van der Waals surface area contributed by atoms with Crippen molar-refractivity contribution in [3.05, 3.63) is 64.1 Å². The molecule has 0 radical (unpaired) electrons. The van der Waals surface area contributed by atoms with E-state index in [0.717, 1.165) is 5.56 Å². The number of halogens is 2. The van der Waals surface area contributed by atoms with E-state index in [9.17, 15) is 4.79 Å². The van der Waals surface area contributed by atoms with E-state index in [1.807, 2.05) is 30.3 Å². The lowest BCUT2D eigenvalue weighted by Gasteiger charge is -2.24. The van der Waals surface area contributed by atoms with Crippen molar-refractivity contribution in [3.8, 4) is 0 Å². The molecule has 2 rings (SSSR count). The number of anilines is 1. The van der Waals surface area contributed by atoms with Crippen LogP contribution >= 0.6 is 23.2 Å². The molecule has 0 aliphatic heterocycles. The SMILES string of the molecule is NCCN(Nc1c(Cl)cccc1Cl)C(=O)OCc1ccccc1. The third-order valence-electron chi connectivity index (χ3n) is 2.99. The molecule has 0 spiro atoms. The lowest BCUT2D eigenvalue weighted by atomic mass is 10.2. The number of rotatable bonds is 6. The average Bonchev–Trinajstić information content (AvgIpc) is 2.56. The first kappa shape index (κ1) is 17.4. The number of nitrogens with two attached hydrogens (primary N) is 1. The standard InChI is InChI=1S/C16H17Cl2N3O2/c17-13-7-4-8-14(18)15(13)20-21(10-9-19)16(22)23-11-12-5-2-1-3-6-12/h1-8,20H,9-11,19H2. The lowest BCUT2D eigenvalue weighted by Crippen LogP contribution is -2.40. The normalized spacial score (nSPS) is 10.2. The molecular weight excluding hydrogens is 337 g/mol. The van der Waals surface area contributed by atoms with Crippen molar-refractivity contribution in [2.45, 2.75) is 6.61 Å². The molecule has 0 aliphatic carbocycles. The monoisotopic (exact) mass is 353 g/mol. The Morgan fingerprint density at radius 2 is 1.74 bits per heavy atom. The minimum absolute atomic E-state index is 0.165. The summed E-state index contributed by atoms with van der Waals surface area (Å²) in [5, 5.41) is 2.04. The maximum absolute atomic E-state index is 12.2. The van der Waals surface area contributed by atoms with Crippen LogP contribution in [0.2, 0.25) is 10.0 Å². The quantitative estimate of drug-likeness (QED) is 0.772. The molecule has 3 N–H and O–H groups in total. The number of ether oxygens (including phenoxy) is 1. The molecule has 0 saturated heterocycles. The van der Waals surface area contributed by atoms with Gasteiger partial charge in [-0.05, 0) is 17.7 Å². The molecule has 1 amide bonds. The molecule has 5 nitrogen and oxygen atoms in total. The molecule has 0 aromatic heterocycles. The number of carbonyl (C=O) groups excluding carboxylic acids is 1. The highest BCUT2D eigenvalue weighted by Gasteiger charge is 2.17. The first-order valence-electron chi connectivity index (χ1n) is 7.00. The van der Waals surface area contributed by atoms with Crippen LogP contribution < -0.4 is 11.2 Å². The Morgan fingerprint density at radius 1 is 1.09 bits per heavy atom. The molecule has 23 heavy (non-hydrogen) atoms. The Morgan fingerprint density at radius 3 is 2.35 bits per heavy atom. The Kier molecular flexibility index (Phi) is 6.52. The van der Waals surface area contributed by atoms with Crippen molar-refractivity contribution in [2.75, 3.05) is 18.5 Å². The van der Waals surface area contributed by atoms with Crippen molar-refractivity contribution in [1.82, 2.24) is 5.01 Å². The van der Waals surface area contributed by atoms with Crippen LogP contribution in [0.25, 0.3) is 0 Å². The molecule has 0 unspecified atom stereocenters. The second kappa shape index (κ2) is 8.62. The summed E-state index contributed by atoms with van der Waals surface area (Å²) in [5.74, 6) is 0. The smallest absolute Gasteiger partial charge is 0.428 e. The third kappa shape index (κ3) is 5.03. The van der Waals surface area contributed by atoms with Crippen molar-refractivity contribution in [1.29, 1.82) is 0 Å². The number of hydrogen-bond acceptors (Lipinski definition) is 4. The van der Waals surface area contributed by atoms with Gasteiger partial charge in [-0.2, -0.15) is 0 Å². The van der Waals surface area contributed by atoms with Gasteiger partial charge in [-0.1, -0.05) is 59.6 Å². The van der Waals surface area contributed by atoms with E-state index >= 15 is 0 Å². The molecule has 2 aromatic carbocycles. The first-order chi connectivity index (χ1) is 11.1. The van der Waals surface area contributed by atoms with E-state index in [4.69, 9.17) is 33.7 Å². The molecule has 2 aromatic rings. The maximum atomic E-state index is 12.2. The zero-order valence-corrected chi connectivity index (χ0v) is 13.8. The van der Waals surface area contributed by atoms with E-state index in [0.29, 0.717) is 15.7 Å². The van der Waals surface area contributed by atoms with E-state index in [1.165, 1.54) is 5.01 Å². The van der Waals surface area contributed by atoms with Gasteiger partial charge in [-0.3, -0.25) is 5.43 Å². The van der Waals surface area contributed by atoms with Crippen molar-refractivity contribution in [3.63, 3.8) is 0 Å². The minimum atomic E-state index is -0.560. The Balaban J connectivity index is 2.04. The van der Waals surface area contributed by atoms with E-state index in [-0.39, 0.29) is 19.7 Å². The van der Waals surface area contributed by atoms with Gasteiger partial charge in [0.05, 0.1) is 22.3 Å². The van der Waals surface area contributed by atoms with Gasteiger partial charge >= 0.3 is 6.09 Å². The Bertz CT molecular complexity index is 633. The van der Waals surface area contributed by atoms with Gasteiger partial charge in [-0.25, -0.2) is 9.80 Å². The zero-order chi connectivity index (χ0) is 16.7. The Hall–Kier alpha value is -1.95. The number of benzene rings is 2. The maximum Gasteiger partial charge on any atom is 0.428 e. The summed E-state index contributed by atoms with van der Waals surface area (Å²) in [6, 6.07) is 14.5. The fourth-order valence-corrected chi connectivity index (χ4v) is 2.34. The highest BCUT2D eigenvalue weighted by atomic mass is 35.5. The molecule has 122 valence electrons. The second-order valence-corrected chi connectivity index (χ2v) is 5.50. The van der Waals surface area contributed by atoms with Crippen LogP contribution in [-0.2, 0) is 11.3 Å². The summed E-state index contributed by atoms with van der Waals surface area (Å²) >= 11 is 12.2. The topological polar surface area (TPSA) is 67.6 Å². The Labute approximate surface area is 144 Å². The van der Waals surface area contributed by atoms with Crippen LogP contribution in [0.15, 0.2) is 48.5 Å². The van der Waals surface area contributed by atoms with Crippen molar-refractivity contribution >= 4 is 35.0 Å². The fourth-order valence-electron chi connectivity index (χ4n) is 1.86. The van der Waals surface area contributed by atoms with Gasteiger partial charge in [0, 0.05) is 6.54 Å². The second-order valence-electron chi connectivity index (χ2n) is 4.69. The molecule has 0 heterocycles. The number of nitrogens with zero attached hydrogens (tertiary/aromatic N) is 1. The molecule has 0 fully saturated rings. The summed E-state index contributed by atoms with van der Waals surface area (Å²) in [7, 11) is 0. The minimum Gasteiger partial charge on any atom is -0.443 e. The number of amides is 1. The summed E-state index contributed by atoms with van der Waals surface area (Å²) < 4.78 is 5.28. The fraction of sp³-hybridized carbons (Fsp3) is 0.188. The lowest BCUT2D eigenvalue weighted by molar-refractivity contribution is 0.105. The largest absolute Gasteiger partial charge is 0.443 e. The van der Waals surface area contributed by atoms with E-state index in [2.05, 4.69) is 5.43 Å². The van der Waals surface area contributed by atoms with Gasteiger partial charge in [0.2, 0.25) is 0 Å². The van der Waals surface area contributed by atoms with Gasteiger partial charge in [-0.15, -0.1) is 0 Å². The van der Waals surface area contributed by atoms with Gasteiger partial charge in [0.1, 0.15) is 6.61 Å². The summed E-state index contributed by atoms with van der Waals surface area (Å²) in [4.78, 5) is 12.2. The number of hydrazine groups is 1.